The number of pyridine rings is 1. The normalized spacial score (nSPS) is 10.7. The lowest BCUT2D eigenvalue weighted by molar-refractivity contribution is -0.385. The molecular formula is C27H23N3O7. The van der Waals surface area contributed by atoms with Gasteiger partial charge in [0, 0.05) is 30.4 Å². The third kappa shape index (κ3) is 5.03. The first kappa shape index (κ1) is 25.1. The number of benzene rings is 2. The van der Waals surface area contributed by atoms with Crippen molar-refractivity contribution in [2.75, 3.05) is 12.4 Å². The minimum absolute atomic E-state index is 0.0324. The molecule has 0 saturated carbocycles. The Morgan fingerprint density at radius 3 is 2.43 bits per heavy atom. The molecule has 0 aliphatic heterocycles. The average Bonchev–Trinajstić information content (AvgIpc) is 3.17. The fourth-order valence-electron chi connectivity index (χ4n) is 4.10. The summed E-state index contributed by atoms with van der Waals surface area (Å²) in [4.78, 5) is 49.2. The second kappa shape index (κ2) is 10.3. The number of hydrogen-bond acceptors (Lipinski definition) is 7. The Labute approximate surface area is 211 Å². The van der Waals surface area contributed by atoms with Crippen LogP contribution in [-0.4, -0.2) is 34.1 Å². The van der Waals surface area contributed by atoms with E-state index in [2.05, 4.69) is 5.32 Å². The predicted octanol–water partition coefficient (Wildman–Crippen LogP) is 4.71. The van der Waals surface area contributed by atoms with E-state index in [-0.39, 0.29) is 40.8 Å². The van der Waals surface area contributed by atoms with Gasteiger partial charge in [0.15, 0.2) is 5.75 Å². The number of anilines is 1. The molecule has 0 bridgehead atoms. The first-order valence-electron chi connectivity index (χ1n) is 11.2. The van der Waals surface area contributed by atoms with Crippen LogP contribution in [0.25, 0.3) is 5.52 Å². The number of amides is 1. The Kier molecular flexibility index (Phi) is 7.01. The molecule has 0 aliphatic rings. The van der Waals surface area contributed by atoms with E-state index in [0.29, 0.717) is 16.8 Å². The lowest BCUT2D eigenvalue weighted by Crippen LogP contribution is -2.09. The van der Waals surface area contributed by atoms with Gasteiger partial charge in [0.05, 0.1) is 28.8 Å². The molecule has 2 aromatic heterocycles. The van der Waals surface area contributed by atoms with Crippen LogP contribution in [0.3, 0.4) is 0 Å². The molecule has 1 amide bonds. The molecule has 0 aliphatic carbocycles. The maximum atomic E-state index is 13.6. The number of fused-ring (bicyclic) bond motifs is 1. The number of aromatic nitrogens is 1. The maximum absolute atomic E-state index is 13.6. The average molecular weight is 501 g/mol. The highest BCUT2D eigenvalue weighted by atomic mass is 16.6. The number of rotatable bonds is 8. The summed E-state index contributed by atoms with van der Waals surface area (Å²) >= 11 is 0. The summed E-state index contributed by atoms with van der Waals surface area (Å²) in [5.74, 6) is -1.48. The van der Waals surface area contributed by atoms with E-state index in [1.807, 2.05) is 30.3 Å². The van der Waals surface area contributed by atoms with E-state index in [4.69, 9.17) is 9.47 Å². The Hall–Kier alpha value is -4.99. The zero-order valence-corrected chi connectivity index (χ0v) is 20.3. The van der Waals surface area contributed by atoms with Crippen LogP contribution in [0.5, 0.6) is 5.75 Å². The second-order valence-electron chi connectivity index (χ2n) is 8.24. The molecule has 188 valence electrons. The summed E-state index contributed by atoms with van der Waals surface area (Å²) in [5.41, 5.74) is 2.16. The highest BCUT2D eigenvalue weighted by Gasteiger charge is 2.28. The molecule has 0 spiro atoms. The Morgan fingerprint density at radius 2 is 1.78 bits per heavy atom. The summed E-state index contributed by atoms with van der Waals surface area (Å²) in [6.07, 6.45) is 1.57. The molecule has 0 atom stereocenters. The molecule has 0 fully saturated rings. The predicted molar refractivity (Wildman–Crippen MR) is 135 cm³/mol. The van der Waals surface area contributed by atoms with Crippen molar-refractivity contribution < 1.29 is 28.8 Å². The third-order valence-corrected chi connectivity index (χ3v) is 5.77. The zero-order chi connectivity index (χ0) is 26.7. The third-order valence-electron chi connectivity index (χ3n) is 5.77. The Balaban J connectivity index is 1.82. The first-order valence-corrected chi connectivity index (χ1v) is 11.2. The smallest absolute Gasteiger partial charge is 0.340 e. The number of ketones is 1. The number of nitrogens with zero attached hydrogens (tertiary/aromatic N) is 2. The quantitative estimate of drug-likeness (QED) is 0.160. The van der Waals surface area contributed by atoms with Crippen LogP contribution in [0.15, 0.2) is 66.9 Å². The van der Waals surface area contributed by atoms with Gasteiger partial charge in [0.1, 0.15) is 6.61 Å². The first-order chi connectivity index (χ1) is 17.7. The van der Waals surface area contributed by atoms with Crippen molar-refractivity contribution in [3.63, 3.8) is 0 Å². The highest BCUT2D eigenvalue weighted by Crippen LogP contribution is 2.32. The zero-order valence-electron chi connectivity index (χ0n) is 20.3. The van der Waals surface area contributed by atoms with Crippen LogP contribution in [0, 0.1) is 17.0 Å². The molecule has 0 saturated heterocycles. The van der Waals surface area contributed by atoms with Gasteiger partial charge >= 0.3 is 11.7 Å². The van der Waals surface area contributed by atoms with Crippen molar-refractivity contribution in [2.45, 2.75) is 20.5 Å². The van der Waals surface area contributed by atoms with E-state index >= 15 is 0 Å². The van der Waals surface area contributed by atoms with Gasteiger partial charge in [-0.25, -0.2) is 4.79 Å². The summed E-state index contributed by atoms with van der Waals surface area (Å²) in [6.45, 7) is 3.02. The lowest BCUT2D eigenvalue weighted by atomic mass is 10.0. The fraction of sp³-hybridized carbons (Fsp3) is 0.148. The van der Waals surface area contributed by atoms with Gasteiger partial charge in [-0.05, 0) is 42.3 Å². The molecule has 4 aromatic rings. The molecule has 37 heavy (non-hydrogen) atoms. The van der Waals surface area contributed by atoms with Crippen molar-refractivity contribution >= 4 is 34.6 Å². The minimum atomic E-state index is -0.640. The minimum Gasteiger partial charge on any atom is -0.490 e. The molecule has 10 heteroatoms. The molecule has 2 aromatic carbocycles. The summed E-state index contributed by atoms with van der Waals surface area (Å²) < 4.78 is 12.2. The monoisotopic (exact) mass is 501 g/mol. The van der Waals surface area contributed by atoms with Gasteiger partial charge in [-0.3, -0.25) is 19.7 Å². The summed E-state index contributed by atoms with van der Waals surface area (Å²) in [5, 5.41) is 13.9. The van der Waals surface area contributed by atoms with Crippen LogP contribution in [0.2, 0.25) is 0 Å². The van der Waals surface area contributed by atoms with Crippen molar-refractivity contribution in [1.82, 2.24) is 4.40 Å². The van der Waals surface area contributed by atoms with Crippen LogP contribution in [0.1, 0.15) is 44.5 Å². The number of carbonyl (C=O) groups excluding carboxylic acids is 3. The van der Waals surface area contributed by atoms with Gasteiger partial charge in [-0.2, -0.15) is 0 Å². The van der Waals surface area contributed by atoms with Crippen LogP contribution >= 0.6 is 0 Å². The van der Waals surface area contributed by atoms with E-state index in [1.54, 1.807) is 25.3 Å². The van der Waals surface area contributed by atoms with Gasteiger partial charge in [0.25, 0.3) is 0 Å². The molecule has 10 nitrogen and oxygen atoms in total. The molecular weight excluding hydrogens is 478 g/mol. The number of nitro benzene ring substituents is 1. The molecule has 2 heterocycles. The van der Waals surface area contributed by atoms with Crippen LogP contribution in [0.4, 0.5) is 11.4 Å². The van der Waals surface area contributed by atoms with E-state index < -0.39 is 16.7 Å². The molecule has 0 unspecified atom stereocenters. The van der Waals surface area contributed by atoms with Crippen molar-refractivity contribution in [3.8, 4) is 5.75 Å². The molecule has 0 radical (unpaired) electrons. The fourth-order valence-corrected chi connectivity index (χ4v) is 4.10. The topological polar surface area (TPSA) is 129 Å². The van der Waals surface area contributed by atoms with Gasteiger partial charge < -0.3 is 19.2 Å². The van der Waals surface area contributed by atoms with Gasteiger partial charge in [0.2, 0.25) is 11.7 Å². The van der Waals surface area contributed by atoms with Crippen molar-refractivity contribution in [1.29, 1.82) is 0 Å². The van der Waals surface area contributed by atoms with Gasteiger partial charge in [-0.15, -0.1) is 0 Å². The van der Waals surface area contributed by atoms with E-state index in [9.17, 15) is 24.5 Å². The van der Waals surface area contributed by atoms with Crippen molar-refractivity contribution in [2.24, 2.45) is 0 Å². The standard InChI is InChI=1S/C27H23N3O7/c1-16-24(27(33)37-15-18-7-5-4-6-8-18)22-14-20(28-17(2)31)11-12-29(22)25(16)26(32)19-9-10-21(30(34)35)23(13-19)36-3/h4-14H,15H2,1-3H3,(H,28,31). The number of hydrogen-bond donors (Lipinski definition) is 1. The number of nitrogens with one attached hydrogen (secondary N) is 1. The van der Waals surface area contributed by atoms with Gasteiger partial charge in [-0.1, -0.05) is 30.3 Å². The Bertz CT molecular complexity index is 1540. The number of methoxy groups -OCH3 is 1. The maximum Gasteiger partial charge on any atom is 0.340 e. The summed E-state index contributed by atoms with van der Waals surface area (Å²) in [7, 11) is 1.28. The largest absolute Gasteiger partial charge is 0.490 e. The number of carbonyl (C=O) groups is 3. The van der Waals surface area contributed by atoms with E-state index in [1.165, 1.54) is 36.6 Å². The lowest BCUT2D eigenvalue weighted by Gasteiger charge is -2.08. The summed E-state index contributed by atoms with van der Waals surface area (Å²) in [6, 6.07) is 16.2. The second-order valence-corrected chi connectivity index (χ2v) is 8.24. The Morgan fingerprint density at radius 1 is 1.05 bits per heavy atom. The SMILES string of the molecule is COc1cc(C(=O)c2c(C)c(C(=O)OCc3ccccc3)c3cc(NC(C)=O)ccn23)ccc1[N+](=O)[O-]. The van der Waals surface area contributed by atoms with Crippen LogP contribution in [-0.2, 0) is 16.1 Å². The molecule has 4 rings (SSSR count). The number of esters is 1. The van der Waals surface area contributed by atoms with E-state index in [0.717, 1.165) is 5.56 Å². The number of ether oxygens (including phenoxy) is 2. The number of nitro groups is 1. The van der Waals surface area contributed by atoms with Crippen LogP contribution < -0.4 is 10.1 Å². The highest BCUT2D eigenvalue weighted by molar-refractivity contribution is 6.13. The molecule has 1 N–H and O–H groups in total. The van der Waals surface area contributed by atoms with Crippen molar-refractivity contribution in [3.05, 3.63) is 105 Å².